The lowest BCUT2D eigenvalue weighted by atomic mass is 9.80. The van der Waals surface area contributed by atoms with E-state index in [1.165, 1.54) is 12.5 Å². The van der Waals surface area contributed by atoms with Crippen LogP contribution in [-0.4, -0.2) is 36.9 Å². The fourth-order valence-electron chi connectivity index (χ4n) is 6.00. The first-order chi connectivity index (χ1) is 18.8. The zero-order valence-corrected chi connectivity index (χ0v) is 22.5. The standard InChI is InChI=1S/C29H37F2N5O3/c1-17(2)18-7-9-22(10-8-18)36-15-23(26(35-36)27(30)31)33-28(38)24-16-39-29(34-24)20-11-12-32-21(14-20)13-19-5-3-4-6-25(19)37/h11-12,14-19,22,25,27,37H,3-10,13H2,1-2H3,(H,33,38)/t18?,19-,22?,25-/m1/s1. The zero-order valence-electron chi connectivity index (χ0n) is 22.5. The highest BCUT2D eigenvalue weighted by atomic mass is 19.3. The van der Waals surface area contributed by atoms with Crippen LogP contribution in [-0.2, 0) is 6.42 Å². The van der Waals surface area contributed by atoms with Gasteiger partial charge in [0, 0.05) is 23.7 Å². The van der Waals surface area contributed by atoms with Crippen LogP contribution in [0.1, 0.15) is 99.6 Å². The number of aliphatic hydroxyl groups is 1. The molecule has 3 aromatic heterocycles. The van der Waals surface area contributed by atoms with E-state index in [4.69, 9.17) is 4.42 Å². The average Bonchev–Trinajstić information content (AvgIpc) is 3.59. The Balaban J connectivity index is 1.27. The van der Waals surface area contributed by atoms with E-state index < -0.39 is 18.0 Å². The lowest BCUT2D eigenvalue weighted by molar-refractivity contribution is 0.0695. The topological polar surface area (TPSA) is 106 Å². The second-order valence-corrected chi connectivity index (χ2v) is 11.4. The molecule has 2 fully saturated rings. The Kier molecular flexibility index (Phi) is 8.40. The largest absolute Gasteiger partial charge is 0.444 e. The Morgan fingerprint density at radius 2 is 1.95 bits per heavy atom. The molecule has 39 heavy (non-hydrogen) atoms. The van der Waals surface area contributed by atoms with Crippen LogP contribution in [0.2, 0.25) is 0 Å². The summed E-state index contributed by atoms with van der Waals surface area (Å²) in [6.07, 6.45) is 9.65. The van der Waals surface area contributed by atoms with Gasteiger partial charge in [0.05, 0.1) is 17.8 Å². The zero-order chi connectivity index (χ0) is 27.5. The van der Waals surface area contributed by atoms with Crippen molar-refractivity contribution in [1.82, 2.24) is 19.7 Å². The monoisotopic (exact) mass is 541 g/mol. The first kappa shape index (κ1) is 27.4. The molecule has 3 heterocycles. The van der Waals surface area contributed by atoms with Crippen molar-refractivity contribution in [1.29, 1.82) is 0 Å². The van der Waals surface area contributed by atoms with Gasteiger partial charge in [0.15, 0.2) is 11.4 Å². The predicted octanol–water partition coefficient (Wildman–Crippen LogP) is 6.60. The molecule has 5 rings (SSSR count). The molecule has 2 aliphatic rings. The number of alkyl halides is 2. The Labute approximate surface area is 227 Å². The van der Waals surface area contributed by atoms with Crippen molar-refractivity contribution >= 4 is 11.6 Å². The molecule has 10 heteroatoms. The summed E-state index contributed by atoms with van der Waals surface area (Å²) >= 11 is 0. The van der Waals surface area contributed by atoms with Crippen LogP contribution >= 0.6 is 0 Å². The number of carbonyl (C=O) groups excluding carboxylic acids is 1. The second-order valence-electron chi connectivity index (χ2n) is 11.4. The van der Waals surface area contributed by atoms with Crippen molar-refractivity contribution in [3.8, 4) is 11.5 Å². The van der Waals surface area contributed by atoms with Gasteiger partial charge >= 0.3 is 0 Å². The van der Waals surface area contributed by atoms with Gasteiger partial charge in [-0.3, -0.25) is 14.5 Å². The van der Waals surface area contributed by atoms with Gasteiger partial charge in [0.1, 0.15) is 6.26 Å². The molecule has 0 saturated heterocycles. The number of aliphatic hydroxyl groups excluding tert-OH is 1. The molecule has 0 unspecified atom stereocenters. The molecule has 0 bridgehead atoms. The van der Waals surface area contributed by atoms with Crippen molar-refractivity contribution in [2.75, 3.05) is 5.32 Å². The van der Waals surface area contributed by atoms with Crippen LogP contribution in [0.15, 0.2) is 35.2 Å². The molecular weight excluding hydrogens is 504 g/mol. The summed E-state index contributed by atoms with van der Waals surface area (Å²) in [7, 11) is 0. The highest BCUT2D eigenvalue weighted by Gasteiger charge is 2.28. The second kappa shape index (κ2) is 11.9. The van der Waals surface area contributed by atoms with Gasteiger partial charge in [0.25, 0.3) is 12.3 Å². The molecule has 210 valence electrons. The van der Waals surface area contributed by atoms with E-state index in [1.54, 1.807) is 16.9 Å². The van der Waals surface area contributed by atoms with Gasteiger partial charge in [-0.05, 0) is 74.8 Å². The number of rotatable bonds is 8. The Morgan fingerprint density at radius 3 is 2.67 bits per heavy atom. The van der Waals surface area contributed by atoms with E-state index in [-0.39, 0.29) is 35.3 Å². The highest BCUT2D eigenvalue weighted by Crippen LogP contribution is 2.37. The maximum Gasteiger partial charge on any atom is 0.284 e. The number of anilines is 1. The number of amides is 1. The highest BCUT2D eigenvalue weighted by molar-refractivity contribution is 6.03. The Bertz CT molecular complexity index is 1270. The smallest absolute Gasteiger partial charge is 0.284 e. The summed E-state index contributed by atoms with van der Waals surface area (Å²) in [6, 6.07) is 3.63. The number of nitrogens with zero attached hydrogens (tertiary/aromatic N) is 4. The third-order valence-corrected chi connectivity index (χ3v) is 8.41. The van der Waals surface area contributed by atoms with Crippen LogP contribution in [0.25, 0.3) is 11.5 Å². The number of carbonyl (C=O) groups is 1. The number of hydrogen-bond donors (Lipinski definition) is 2. The van der Waals surface area contributed by atoms with Crippen LogP contribution in [0.5, 0.6) is 0 Å². The number of aromatic nitrogens is 4. The fraction of sp³-hybridized carbons (Fsp3) is 0.586. The molecule has 3 aromatic rings. The molecule has 0 aromatic carbocycles. The molecular formula is C29H37F2N5O3. The number of oxazole rings is 1. The van der Waals surface area contributed by atoms with Crippen LogP contribution < -0.4 is 5.32 Å². The predicted molar refractivity (Wildman–Crippen MR) is 142 cm³/mol. The van der Waals surface area contributed by atoms with E-state index in [0.29, 0.717) is 23.8 Å². The summed E-state index contributed by atoms with van der Waals surface area (Å²) < 4.78 is 34.8. The maximum atomic E-state index is 13.8. The van der Waals surface area contributed by atoms with E-state index >= 15 is 0 Å². The fourth-order valence-corrected chi connectivity index (χ4v) is 6.00. The van der Waals surface area contributed by atoms with Crippen molar-refractivity contribution in [2.24, 2.45) is 17.8 Å². The number of halogens is 2. The molecule has 1 amide bonds. The maximum absolute atomic E-state index is 13.8. The van der Waals surface area contributed by atoms with E-state index in [1.807, 2.05) is 6.07 Å². The first-order valence-corrected chi connectivity index (χ1v) is 14.1. The van der Waals surface area contributed by atoms with Gasteiger partial charge in [0.2, 0.25) is 5.89 Å². The van der Waals surface area contributed by atoms with Crippen LogP contribution in [0.4, 0.5) is 14.5 Å². The van der Waals surface area contributed by atoms with Crippen LogP contribution in [0.3, 0.4) is 0 Å². The summed E-state index contributed by atoms with van der Waals surface area (Å²) in [5, 5.41) is 17.0. The number of pyridine rings is 1. The lowest BCUT2D eigenvalue weighted by Crippen LogP contribution is -2.26. The van der Waals surface area contributed by atoms with Crippen molar-refractivity contribution < 1.29 is 23.1 Å². The van der Waals surface area contributed by atoms with Gasteiger partial charge < -0.3 is 14.8 Å². The molecule has 0 radical (unpaired) electrons. The molecule has 2 aliphatic carbocycles. The molecule has 2 N–H and O–H groups in total. The SMILES string of the molecule is CC(C)C1CCC(n2cc(NC(=O)c3coc(-c4ccnc(C[C@H]5CCCC[C@H]5O)c4)n3)c(C(F)F)n2)CC1. The van der Waals surface area contributed by atoms with Crippen molar-refractivity contribution in [3.63, 3.8) is 0 Å². The summed E-state index contributed by atoms with van der Waals surface area (Å²) in [5.41, 5.74) is 1.00. The normalized spacial score (nSPS) is 23.9. The Hall–Kier alpha value is -3.14. The number of nitrogens with one attached hydrogen (secondary N) is 1. The quantitative estimate of drug-likeness (QED) is 0.333. The Morgan fingerprint density at radius 1 is 1.18 bits per heavy atom. The summed E-state index contributed by atoms with van der Waals surface area (Å²) in [4.78, 5) is 21.7. The van der Waals surface area contributed by atoms with Gasteiger partial charge in [-0.25, -0.2) is 13.8 Å². The van der Waals surface area contributed by atoms with Crippen LogP contribution in [0, 0.1) is 17.8 Å². The molecule has 2 atom stereocenters. The molecule has 8 nitrogen and oxygen atoms in total. The van der Waals surface area contributed by atoms with Crippen molar-refractivity contribution in [3.05, 3.63) is 47.9 Å². The van der Waals surface area contributed by atoms with E-state index in [2.05, 4.69) is 34.2 Å². The van der Waals surface area contributed by atoms with Gasteiger partial charge in [-0.2, -0.15) is 5.10 Å². The third kappa shape index (κ3) is 6.37. The average molecular weight is 542 g/mol. The minimum absolute atomic E-state index is 0.0113. The number of hydrogen-bond acceptors (Lipinski definition) is 6. The third-order valence-electron chi connectivity index (χ3n) is 8.41. The summed E-state index contributed by atoms with van der Waals surface area (Å²) in [6.45, 7) is 4.43. The van der Waals surface area contributed by atoms with Gasteiger partial charge in [-0.15, -0.1) is 0 Å². The lowest BCUT2D eigenvalue weighted by Gasteiger charge is -2.30. The first-order valence-electron chi connectivity index (χ1n) is 14.1. The van der Waals surface area contributed by atoms with Gasteiger partial charge in [-0.1, -0.05) is 26.7 Å². The molecule has 0 spiro atoms. The van der Waals surface area contributed by atoms with E-state index in [0.717, 1.165) is 57.1 Å². The van der Waals surface area contributed by atoms with E-state index in [9.17, 15) is 18.7 Å². The van der Waals surface area contributed by atoms with Crippen molar-refractivity contribution in [2.45, 2.75) is 90.2 Å². The summed E-state index contributed by atoms with van der Waals surface area (Å²) in [5.74, 6) is 1.00. The molecule has 2 saturated carbocycles. The molecule has 0 aliphatic heterocycles. The minimum atomic E-state index is -2.82. The minimum Gasteiger partial charge on any atom is -0.444 e.